The monoisotopic (exact) mass is 872 g/mol. The van der Waals surface area contributed by atoms with Crippen LogP contribution in [0.1, 0.15) is 40.5 Å². The lowest BCUT2D eigenvalue weighted by atomic mass is 10.1. The predicted octanol–water partition coefficient (Wildman–Crippen LogP) is 10.4. The van der Waals surface area contributed by atoms with Crippen LogP contribution in [0.3, 0.4) is 0 Å². The van der Waals surface area contributed by atoms with Crippen LogP contribution in [0.4, 0.5) is 0 Å². The molecule has 0 saturated heterocycles. The van der Waals surface area contributed by atoms with Crippen molar-refractivity contribution < 1.29 is 43.8 Å². The molecule has 18 heteroatoms. The molecule has 0 aromatic heterocycles. The summed E-state index contributed by atoms with van der Waals surface area (Å²) in [6, 6.07) is 0. The van der Waals surface area contributed by atoms with Gasteiger partial charge in [-0.2, -0.15) is 0 Å². The molecule has 0 aliphatic heterocycles. The van der Waals surface area contributed by atoms with Crippen molar-refractivity contribution >= 4 is 79.5 Å². The van der Waals surface area contributed by atoms with E-state index in [1.807, 2.05) is 0 Å². The Morgan fingerprint density at radius 3 is 0.750 bits per heavy atom. The van der Waals surface area contributed by atoms with E-state index >= 15 is 0 Å². The van der Waals surface area contributed by atoms with Gasteiger partial charge in [-0.1, -0.05) is 27.7 Å². The molecule has 2 unspecified atom stereocenters. The van der Waals surface area contributed by atoms with Crippen LogP contribution in [-0.2, 0) is 43.8 Å². The van der Waals surface area contributed by atoms with Gasteiger partial charge < -0.3 is 34.2 Å². The van der Waals surface area contributed by atoms with Gasteiger partial charge in [0.15, 0.2) is 49.9 Å². The molecular weight excluding hydrogens is 793 g/mol. The van der Waals surface area contributed by atoms with E-state index in [0.29, 0.717) is 12.8 Å². The van der Waals surface area contributed by atoms with Crippen molar-refractivity contribution in [1.29, 1.82) is 0 Å². The third kappa shape index (κ3) is 22.7. The van der Waals surface area contributed by atoms with Crippen molar-refractivity contribution in [1.82, 2.24) is 0 Å². The van der Waals surface area contributed by atoms with Gasteiger partial charge in [-0.05, 0) is 143 Å². The van der Waals surface area contributed by atoms with Crippen LogP contribution in [0.2, 0.25) is 129 Å². The number of carbonyl (C=O) groups is 2. The quantitative estimate of drug-likeness (QED) is 0.0528. The normalized spacial score (nSPS) is 15.8. The first-order valence-electron chi connectivity index (χ1n) is 19.1. The summed E-state index contributed by atoms with van der Waals surface area (Å²) in [7, 11) is -18.9. The number of carbonyl (C=O) groups excluding carboxylic acids is 2. The van der Waals surface area contributed by atoms with Crippen molar-refractivity contribution in [2.75, 3.05) is 13.2 Å². The van der Waals surface area contributed by atoms with Gasteiger partial charge in [0, 0.05) is 23.2 Å². The average molecular weight is 874 g/mol. The summed E-state index contributed by atoms with van der Waals surface area (Å²) < 4.78 is 53.1. The molecule has 0 fully saturated rings. The fourth-order valence-electron chi connectivity index (χ4n) is 5.78. The number of hydrogen-bond acceptors (Lipinski definition) is 10. The minimum Gasteiger partial charge on any atom is -0.463 e. The molecular formula is C34H80O10Si8. The molecule has 0 radical (unpaired) electrons. The second-order valence-electron chi connectivity index (χ2n) is 20.4. The predicted molar refractivity (Wildman–Crippen MR) is 236 cm³/mol. The summed E-state index contributed by atoms with van der Waals surface area (Å²) in [5, 5.41) is 0. The van der Waals surface area contributed by atoms with Gasteiger partial charge in [0.05, 0.1) is 13.2 Å². The van der Waals surface area contributed by atoms with Crippen molar-refractivity contribution in [3.05, 3.63) is 12.2 Å². The molecule has 0 heterocycles. The molecule has 0 amide bonds. The summed E-state index contributed by atoms with van der Waals surface area (Å²) in [5.41, 5.74) is -0.104. The molecule has 0 aromatic rings. The van der Waals surface area contributed by atoms with Gasteiger partial charge in [0.1, 0.15) is 0 Å². The minimum atomic E-state index is -3.20. The van der Waals surface area contributed by atoms with Crippen LogP contribution in [0.15, 0.2) is 12.2 Å². The molecule has 0 saturated carbocycles. The van der Waals surface area contributed by atoms with Crippen molar-refractivity contribution in [3.63, 3.8) is 0 Å². The molecule has 308 valence electrons. The third-order valence-corrected chi connectivity index (χ3v) is 32.2. The van der Waals surface area contributed by atoms with Crippen molar-refractivity contribution in [3.8, 4) is 0 Å². The molecule has 52 heavy (non-hydrogen) atoms. The average Bonchev–Trinajstić information content (AvgIpc) is 2.80. The van der Waals surface area contributed by atoms with E-state index < -0.39 is 79.5 Å². The Bertz CT molecular complexity index is 972. The Kier molecular flexibility index (Phi) is 20.1. The summed E-state index contributed by atoms with van der Waals surface area (Å²) >= 11 is 0. The van der Waals surface area contributed by atoms with E-state index in [1.54, 1.807) is 0 Å². The molecule has 0 aromatic carbocycles. The van der Waals surface area contributed by atoms with Crippen LogP contribution in [0.25, 0.3) is 0 Å². The molecule has 0 aliphatic rings. The molecule has 0 spiro atoms. The molecule has 0 rings (SSSR count). The van der Waals surface area contributed by atoms with E-state index in [1.165, 1.54) is 0 Å². The number of rotatable bonds is 24. The Hall–Kier alpha value is 0.175. The summed E-state index contributed by atoms with van der Waals surface area (Å²) in [6.45, 7) is 48.0. The Morgan fingerprint density at radius 1 is 0.404 bits per heavy atom. The SMILES string of the molecule is CC(C)C(CCOC(=O)/C=C/C(=O)OCCC(C(C)C)[Si](O[Si](C)(C)C)(O[Si](C)(C)C)O[Si](C)(C)C)[Si](O[Si](C)(C)C)(O[Si](C)(C)C)O[Si](C)(C)C. The zero-order chi connectivity index (χ0) is 41.4. The number of esters is 2. The van der Waals surface area contributed by atoms with Crippen LogP contribution >= 0.6 is 0 Å². The first kappa shape index (κ1) is 52.2. The molecule has 2 atom stereocenters. The lowest BCUT2D eigenvalue weighted by molar-refractivity contribution is -0.140. The zero-order valence-electron chi connectivity index (χ0n) is 37.4. The minimum absolute atomic E-state index is 0.0521. The maximum absolute atomic E-state index is 12.8. The van der Waals surface area contributed by atoms with Crippen LogP contribution in [-0.4, -0.2) is 92.7 Å². The first-order chi connectivity index (χ1) is 22.9. The highest BCUT2D eigenvalue weighted by molar-refractivity contribution is 6.91. The molecule has 10 nitrogen and oxygen atoms in total. The van der Waals surface area contributed by atoms with Crippen molar-refractivity contribution in [2.24, 2.45) is 11.8 Å². The Balaban J connectivity index is 5.91. The van der Waals surface area contributed by atoms with E-state index in [9.17, 15) is 9.59 Å². The van der Waals surface area contributed by atoms with Gasteiger partial charge in [-0.3, -0.25) is 0 Å². The van der Waals surface area contributed by atoms with E-state index in [-0.39, 0.29) is 36.1 Å². The second-order valence-corrected chi connectivity index (χ2v) is 54.6. The standard InChI is InChI=1S/C34H80O10Si8/c1-29(2)31(51(39-45(5,6)7,40-46(8,9)10)41-47(11,12)13)25-27-37-33(35)23-24-34(36)38-28-26-32(30(3)4)52(42-48(14,15)16,43-49(17,18)19)44-50(20,21)22/h23-24,29-32H,25-28H2,1-22H3/b24-23+. The van der Waals surface area contributed by atoms with E-state index in [2.05, 4.69) is 146 Å². The highest BCUT2D eigenvalue weighted by Crippen LogP contribution is 2.42. The fourth-order valence-corrected chi connectivity index (χ4v) is 35.7. The highest BCUT2D eigenvalue weighted by atomic mass is 28.5. The summed E-state index contributed by atoms with van der Waals surface area (Å²) in [4.78, 5) is 25.7. The van der Waals surface area contributed by atoms with Crippen LogP contribution in [0.5, 0.6) is 0 Å². The molecule has 0 aliphatic carbocycles. The zero-order valence-corrected chi connectivity index (χ0v) is 45.4. The smallest absolute Gasteiger partial charge is 0.463 e. The van der Waals surface area contributed by atoms with E-state index in [4.69, 9.17) is 34.2 Å². The van der Waals surface area contributed by atoms with Gasteiger partial charge in [-0.25, -0.2) is 9.59 Å². The first-order valence-corrected chi connectivity index (χ1v) is 43.2. The van der Waals surface area contributed by atoms with Gasteiger partial charge in [-0.15, -0.1) is 0 Å². The fraction of sp³-hybridized carbons (Fsp3) is 0.882. The molecule has 0 bridgehead atoms. The largest absolute Gasteiger partial charge is 0.473 e. The van der Waals surface area contributed by atoms with Gasteiger partial charge in [0.25, 0.3) is 0 Å². The summed E-state index contributed by atoms with van der Waals surface area (Å²) in [5.74, 6) is -0.839. The Morgan fingerprint density at radius 2 is 0.596 bits per heavy atom. The van der Waals surface area contributed by atoms with Crippen LogP contribution < -0.4 is 0 Å². The van der Waals surface area contributed by atoms with Crippen LogP contribution in [0, 0.1) is 11.8 Å². The van der Waals surface area contributed by atoms with Gasteiger partial charge in [0.2, 0.25) is 0 Å². The third-order valence-electron chi connectivity index (χ3n) is 6.91. The number of ether oxygens (including phenoxy) is 2. The lowest BCUT2D eigenvalue weighted by Gasteiger charge is -2.47. The molecule has 0 N–H and O–H groups in total. The summed E-state index contributed by atoms with van der Waals surface area (Å²) in [6.07, 6.45) is 3.36. The van der Waals surface area contributed by atoms with Gasteiger partial charge >= 0.3 is 29.5 Å². The highest BCUT2D eigenvalue weighted by Gasteiger charge is 2.58. The maximum atomic E-state index is 12.8. The number of hydrogen-bond donors (Lipinski definition) is 0. The maximum Gasteiger partial charge on any atom is 0.473 e. The second kappa shape index (κ2) is 20.0. The van der Waals surface area contributed by atoms with E-state index in [0.717, 1.165) is 12.2 Å². The lowest BCUT2D eigenvalue weighted by Crippen LogP contribution is -2.64. The Labute approximate surface area is 328 Å². The van der Waals surface area contributed by atoms with Crippen molar-refractivity contribution in [2.45, 2.75) is 169 Å². The topological polar surface area (TPSA) is 108 Å².